The summed E-state index contributed by atoms with van der Waals surface area (Å²) in [6.07, 6.45) is 1.14. The minimum absolute atomic E-state index is 0.0423. The summed E-state index contributed by atoms with van der Waals surface area (Å²) in [5.74, 6) is 1.30. The third kappa shape index (κ3) is 4.03. The molecular formula is C14H23N3OS. The minimum atomic E-state index is 0.0423. The van der Waals surface area contributed by atoms with Crippen molar-refractivity contribution in [3.05, 3.63) is 4.88 Å². The van der Waals surface area contributed by atoms with Gasteiger partial charge in [-0.3, -0.25) is 0 Å². The maximum atomic E-state index is 9.10. The third-order valence-electron chi connectivity index (χ3n) is 2.73. The maximum Gasteiger partial charge on any atom is 0.178 e. The van der Waals surface area contributed by atoms with Crippen LogP contribution in [0.2, 0.25) is 0 Å². The molecule has 0 aliphatic carbocycles. The predicted molar refractivity (Wildman–Crippen MR) is 81.9 cm³/mol. The number of rotatable bonds is 6. The molecule has 0 aliphatic rings. The molecule has 0 spiro atoms. The van der Waals surface area contributed by atoms with Crippen molar-refractivity contribution in [2.24, 2.45) is 5.92 Å². The first-order chi connectivity index (χ1) is 8.86. The number of nitriles is 1. The van der Waals surface area contributed by atoms with Gasteiger partial charge in [-0.05, 0) is 26.2 Å². The second kappa shape index (κ2) is 6.67. The Balaban J connectivity index is 3.01. The van der Waals surface area contributed by atoms with Crippen molar-refractivity contribution in [1.82, 2.24) is 0 Å². The first-order valence-electron chi connectivity index (χ1n) is 6.57. The first kappa shape index (κ1) is 15.6. The monoisotopic (exact) mass is 281 g/mol. The van der Waals surface area contributed by atoms with E-state index in [0.717, 1.165) is 18.0 Å². The molecule has 106 valence electrons. The smallest absolute Gasteiger partial charge is 0.178 e. The van der Waals surface area contributed by atoms with Crippen LogP contribution in [0.1, 0.15) is 39.0 Å². The number of ether oxygens (including phenoxy) is 1. The van der Waals surface area contributed by atoms with Gasteiger partial charge in [0, 0.05) is 13.6 Å². The lowest BCUT2D eigenvalue weighted by molar-refractivity contribution is 0.245. The summed E-state index contributed by atoms with van der Waals surface area (Å²) in [4.78, 5) is 2.65. The fourth-order valence-electron chi connectivity index (χ4n) is 1.65. The molecule has 5 heteroatoms. The number of thiophene rings is 1. The Morgan fingerprint density at radius 1 is 1.37 bits per heavy atom. The summed E-state index contributed by atoms with van der Waals surface area (Å²) in [6.45, 7) is 9.24. The van der Waals surface area contributed by atoms with E-state index in [-0.39, 0.29) is 6.10 Å². The Hall–Kier alpha value is -1.41. The van der Waals surface area contributed by atoms with Crippen LogP contribution in [0.25, 0.3) is 0 Å². The lowest BCUT2D eigenvalue weighted by atomic mass is 10.1. The van der Waals surface area contributed by atoms with Crippen LogP contribution in [0, 0.1) is 17.2 Å². The van der Waals surface area contributed by atoms with Crippen LogP contribution >= 0.6 is 11.3 Å². The van der Waals surface area contributed by atoms with Gasteiger partial charge in [0.25, 0.3) is 0 Å². The van der Waals surface area contributed by atoms with Crippen molar-refractivity contribution in [1.29, 1.82) is 5.26 Å². The zero-order chi connectivity index (χ0) is 14.6. The van der Waals surface area contributed by atoms with Gasteiger partial charge in [-0.25, -0.2) is 0 Å². The highest BCUT2D eigenvalue weighted by Crippen LogP contribution is 2.44. The van der Waals surface area contributed by atoms with E-state index in [0.29, 0.717) is 22.2 Å². The summed E-state index contributed by atoms with van der Waals surface area (Å²) in [7, 11) is 2.02. The quantitative estimate of drug-likeness (QED) is 0.867. The molecule has 19 heavy (non-hydrogen) atoms. The molecule has 0 saturated carbocycles. The van der Waals surface area contributed by atoms with Crippen LogP contribution in [0.15, 0.2) is 0 Å². The van der Waals surface area contributed by atoms with E-state index in [1.165, 1.54) is 11.3 Å². The number of anilines is 2. The van der Waals surface area contributed by atoms with Crippen LogP contribution < -0.4 is 15.4 Å². The van der Waals surface area contributed by atoms with E-state index >= 15 is 0 Å². The highest BCUT2D eigenvalue weighted by Gasteiger charge is 2.21. The van der Waals surface area contributed by atoms with E-state index in [4.69, 9.17) is 15.7 Å². The van der Waals surface area contributed by atoms with Gasteiger partial charge in [-0.15, -0.1) is 11.3 Å². The van der Waals surface area contributed by atoms with Gasteiger partial charge in [0.15, 0.2) is 5.75 Å². The standard InChI is InChI=1S/C14H23N3OS/c1-9(2)6-7-17(5)14-13(18-10(3)4)12(16)11(8-15)19-14/h9-10H,6-7,16H2,1-5H3. The Morgan fingerprint density at radius 3 is 2.47 bits per heavy atom. The van der Waals surface area contributed by atoms with E-state index < -0.39 is 0 Å². The predicted octanol–water partition coefficient (Wildman–Crippen LogP) is 3.47. The van der Waals surface area contributed by atoms with E-state index in [2.05, 4.69) is 24.8 Å². The molecule has 2 N–H and O–H groups in total. The molecule has 4 nitrogen and oxygen atoms in total. The van der Waals surface area contributed by atoms with Gasteiger partial charge in [-0.1, -0.05) is 13.8 Å². The molecule has 0 fully saturated rings. The van der Waals surface area contributed by atoms with Gasteiger partial charge < -0.3 is 15.4 Å². The molecule has 0 amide bonds. The number of nitrogens with two attached hydrogens (primary N) is 1. The lowest BCUT2D eigenvalue weighted by Gasteiger charge is -2.21. The summed E-state index contributed by atoms with van der Waals surface area (Å²) < 4.78 is 5.78. The van der Waals surface area contributed by atoms with Gasteiger partial charge >= 0.3 is 0 Å². The molecule has 0 unspecified atom stereocenters. The van der Waals surface area contributed by atoms with Gasteiger partial charge in [0.2, 0.25) is 0 Å². The third-order valence-corrected chi connectivity index (χ3v) is 3.93. The molecule has 0 aliphatic heterocycles. The topological polar surface area (TPSA) is 62.3 Å². The minimum Gasteiger partial charge on any atom is -0.486 e. The Labute approximate surface area is 119 Å². The van der Waals surface area contributed by atoms with Gasteiger partial charge in [0.1, 0.15) is 21.6 Å². The average molecular weight is 281 g/mol. The fraction of sp³-hybridized carbons (Fsp3) is 0.643. The second-order valence-electron chi connectivity index (χ2n) is 5.36. The first-order valence-corrected chi connectivity index (χ1v) is 7.38. The molecule has 0 atom stereocenters. The summed E-state index contributed by atoms with van der Waals surface area (Å²) >= 11 is 1.40. The van der Waals surface area contributed by atoms with Crippen LogP contribution in [-0.2, 0) is 0 Å². The molecule has 1 heterocycles. The van der Waals surface area contributed by atoms with Crippen molar-refractivity contribution >= 4 is 22.0 Å². The number of nitrogens with zero attached hydrogens (tertiary/aromatic N) is 2. The number of nitrogen functional groups attached to an aromatic ring is 1. The Kier molecular flexibility index (Phi) is 5.49. The van der Waals surface area contributed by atoms with E-state index in [1.807, 2.05) is 20.9 Å². The molecule has 0 radical (unpaired) electrons. The van der Waals surface area contributed by atoms with Crippen molar-refractivity contribution < 1.29 is 4.74 Å². The SMILES string of the molecule is CC(C)CCN(C)c1sc(C#N)c(N)c1OC(C)C. The highest BCUT2D eigenvalue weighted by molar-refractivity contribution is 7.17. The zero-order valence-electron chi connectivity index (χ0n) is 12.4. The van der Waals surface area contributed by atoms with E-state index in [9.17, 15) is 0 Å². The zero-order valence-corrected chi connectivity index (χ0v) is 13.2. The Morgan fingerprint density at radius 2 is 2.00 bits per heavy atom. The van der Waals surface area contributed by atoms with E-state index in [1.54, 1.807) is 0 Å². The summed E-state index contributed by atoms with van der Waals surface area (Å²) in [5, 5.41) is 10.0. The number of hydrogen-bond donors (Lipinski definition) is 1. The molecule has 1 rings (SSSR count). The van der Waals surface area contributed by atoms with Gasteiger partial charge in [-0.2, -0.15) is 5.26 Å². The molecule has 0 saturated heterocycles. The van der Waals surface area contributed by atoms with Crippen molar-refractivity contribution in [2.75, 3.05) is 24.2 Å². The molecule has 0 bridgehead atoms. The Bertz CT molecular complexity index is 460. The molecule has 1 aromatic heterocycles. The van der Waals surface area contributed by atoms with Crippen molar-refractivity contribution in [2.45, 2.75) is 40.2 Å². The summed E-state index contributed by atoms with van der Waals surface area (Å²) in [6, 6.07) is 2.14. The van der Waals surface area contributed by atoms with Gasteiger partial charge in [0.05, 0.1) is 6.10 Å². The fourth-order valence-corrected chi connectivity index (χ4v) is 2.59. The van der Waals surface area contributed by atoms with Crippen molar-refractivity contribution in [3.8, 4) is 11.8 Å². The highest BCUT2D eigenvalue weighted by atomic mass is 32.1. The molecule has 1 aromatic rings. The second-order valence-corrected chi connectivity index (χ2v) is 6.36. The molecule has 0 aromatic carbocycles. The largest absolute Gasteiger partial charge is 0.486 e. The van der Waals surface area contributed by atoms with Crippen LogP contribution in [-0.4, -0.2) is 19.7 Å². The summed E-state index contributed by atoms with van der Waals surface area (Å²) in [5.41, 5.74) is 6.46. The average Bonchev–Trinajstić information content (AvgIpc) is 2.63. The normalized spacial score (nSPS) is 10.8. The number of hydrogen-bond acceptors (Lipinski definition) is 5. The maximum absolute atomic E-state index is 9.10. The van der Waals surface area contributed by atoms with Crippen molar-refractivity contribution in [3.63, 3.8) is 0 Å². The van der Waals surface area contributed by atoms with Crippen LogP contribution in [0.4, 0.5) is 10.7 Å². The lowest BCUT2D eigenvalue weighted by Crippen LogP contribution is -2.20. The van der Waals surface area contributed by atoms with Crippen LogP contribution in [0.3, 0.4) is 0 Å². The van der Waals surface area contributed by atoms with Crippen LogP contribution in [0.5, 0.6) is 5.75 Å². The molecular weight excluding hydrogens is 258 g/mol.